The van der Waals surface area contributed by atoms with Crippen LogP contribution in [0.5, 0.6) is 11.5 Å². The molecule has 0 bridgehead atoms. The lowest BCUT2D eigenvalue weighted by Crippen LogP contribution is -2.26. The van der Waals surface area contributed by atoms with E-state index in [4.69, 9.17) is 25.2 Å². The number of hydrogen-bond donors (Lipinski definition) is 2. The third kappa shape index (κ3) is 4.79. The van der Waals surface area contributed by atoms with E-state index in [1.54, 1.807) is 32.6 Å². The molecule has 0 saturated carbocycles. The summed E-state index contributed by atoms with van der Waals surface area (Å²) in [7, 11) is 3.15. The van der Waals surface area contributed by atoms with Crippen molar-refractivity contribution in [1.82, 2.24) is 20.0 Å². The topological polar surface area (TPSA) is 117 Å². The number of nitrogens with zero attached hydrogens (tertiary/aromatic N) is 4. The second kappa shape index (κ2) is 10.4. The van der Waals surface area contributed by atoms with E-state index in [-0.39, 0.29) is 17.3 Å². The number of fused-ring (bicyclic) bond motifs is 2. The average molecular weight is 495 g/mol. The van der Waals surface area contributed by atoms with Gasteiger partial charge in [-0.05, 0) is 47.9 Å². The van der Waals surface area contributed by atoms with Crippen molar-refractivity contribution in [3.63, 3.8) is 0 Å². The van der Waals surface area contributed by atoms with Gasteiger partial charge in [-0.2, -0.15) is 9.78 Å². The highest BCUT2D eigenvalue weighted by Crippen LogP contribution is 2.29. The van der Waals surface area contributed by atoms with Crippen molar-refractivity contribution in [1.29, 1.82) is 0 Å². The minimum Gasteiger partial charge on any atom is -0.493 e. The Morgan fingerprint density at radius 2 is 1.68 bits per heavy atom. The Kier molecular flexibility index (Phi) is 6.67. The van der Waals surface area contributed by atoms with E-state index in [0.29, 0.717) is 46.7 Å². The maximum absolute atomic E-state index is 13.3. The zero-order valence-electron chi connectivity index (χ0n) is 20.5. The lowest BCUT2D eigenvalue weighted by molar-refractivity contribution is 0.0956. The van der Waals surface area contributed by atoms with Crippen molar-refractivity contribution in [2.75, 3.05) is 26.5 Å². The van der Waals surface area contributed by atoms with Gasteiger partial charge in [0.2, 0.25) is 0 Å². The van der Waals surface area contributed by atoms with Crippen molar-refractivity contribution in [2.45, 2.75) is 6.42 Å². The molecule has 9 heteroatoms. The summed E-state index contributed by atoms with van der Waals surface area (Å²) in [5.74, 6) is 1.00. The summed E-state index contributed by atoms with van der Waals surface area (Å²) in [6, 6.07) is 22.8. The van der Waals surface area contributed by atoms with Crippen LogP contribution in [0.3, 0.4) is 0 Å². The molecule has 5 rings (SSSR count). The van der Waals surface area contributed by atoms with E-state index >= 15 is 0 Å². The molecule has 0 spiro atoms. The molecule has 0 atom stereocenters. The molecule has 3 aromatic carbocycles. The highest BCUT2D eigenvalue weighted by atomic mass is 16.5. The van der Waals surface area contributed by atoms with Crippen molar-refractivity contribution >= 4 is 40.1 Å². The van der Waals surface area contributed by atoms with Crippen LogP contribution in [0.2, 0.25) is 0 Å². The first-order chi connectivity index (χ1) is 18.1. The first-order valence-corrected chi connectivity index (χ1v) is 11.7. The van der Waals surface area contributed by atoms with Crippen molar-refractivity contribution in [3.05, 3.63) is 89.5 Å². The van der Waals surface area contributed by atoms with Gasteiger partial charge in [-0.3, -0.25) is 4.79 Å². The highest BCUT2D eigenvalue weighted by Gasteiger charge is 2.24. The predicted octanol–water partition coefficient (Wildman–Crippen LogP) is 4.04. The smallest absolute Gasteiger partial charge is 0.257 e. The van der Waals surface area contributed by atoms with E-state index in [9.17, 15) is 4.79 Å². The maximum Gasteiger partial charge on any atom is 0.257 e. The number of methoxy groups -OCH3 is 2. The lowest BCUT2D eigenvalue weighted by atomic mass is 10.1. The summed E-state index contributed by atoms with van der Waals surface area (Å²) in [5, 5.41) is 7.52. The van der Waals surface area contributed by atoms with Crippen molar-refractivity contribution in [3.8, 4) is 11.5 Å². The molecule has 0 radical (unpaired) electrons. The number of carbonyl (C=O) groups excluding carboxylic acids is 1. The minimum atomic E-state index is -0.330. The third-order valence-corrected chi connectivity index (χ3v) is 5.97. The molecule has 1 amide bonds. The van der Waals surface area contributed by atoms with Crippen LogP contribution >= 0.6 is 0 Å². The lowest BCUT2D eigenvalue weighted by Gasteiger charge is -2.07. The fourth-order valence-electron chi connectivity index (χ4n) is 4.10. The van der Waals surface area contributed by atoms with Crippen LogP contribution in [0.15, 0.2) is 77.9 Å². The number of nitrogens with one attached hydrogen (secondary N) is 1. The largest absolute Gasteiger partial charge is 0.493 e. The number of rotatable bonds is 8. The van der Waals surface area contributed by atoms with E-state index in [1.165, 1.54) is 4.68 Å². The molecule has 9 nitrogen and oxygen atoms in total. The first kappa shape index (κ1) is 23.8. The van der Waals surface area contributed by atoms with Gasteiger partial charge >= 0.3 is 0 Å². The summed E-state index contributed by atoms with van der Waals surface area (Å²) in [5.41, 5.74) is 10.7. The van der Waals surface area contributed by atoms with Gasteiger partial charge in [-0.15, -0.1) is 0 Å². The summed E-state index contributed by atoms with van der Waals surface area (Å²) in [6.45, 7) is 0.449. The third-order valence-electron chi connectivity index (χ3n) is 5.97. The number of hydrogen-bond acceptors (Lipinski definition) is 7. The molecular formula is C28H26N6O3. The number of para-hydroxylation sites is 2. The summed E-state index contributed by atoms with van der Waals surface area (Å²) in [6.07, 6.45) is 2.31. The molecule has 0 unspecified atom stereocenters. The second-order valence-corrected chi connectivity index (χ2v) is 8.31. The van der Waals surface area contributed by atoms with Crippen molar-refractivity contribution < 1.29 is 14.3 Å². The summed E-state index contributed by atoms with van der Waals surface area (Å²) < 4.78 is 12.1. The molecule has 0 aliphatic carbocycles. The van der Waals surface area contributed by atoms with Gasteiger partial charge in [-0.25, -0.2) is 9.97 Å². The Bertz CT molecular complexity index is 1610. The SMILES string of the molecule is COc1ccc(C=Nn2c(N)c(C(=O)NCCc3ccccc3)c3nc4ccccc4nc32)cc1OC. The van der Waals surface area contributed by atoms with E-state index < -0.39 is 0 Å². The van der Waals surface area contributed by atoms with E-state index in [0.717, 1.165) is 11.1 Å². The Morgan fingerprint density at radius 1 is 0.973 bits per heavy atom. The van der Waals surface area contributed by atoms with Gasteiger partial charge in [0, 0.05) is 6.54 Å². The molecule has 0 aliphatic rings. The molecule has 2 heterocycles. The predicted molar refractivity (Wildman–Crippen MR) is 144 cm³/mol. The molecule has 37 heavy (non-hydrogen) atoms. The molecule has 2 aromatic heterocycles. The normalized spacial score (nSPS) is 11.3. The first-order valence-electron chi connectivity index (χ1n) is 11.7. The molecule has 0 aliphatic heterocycles. The van der Waals surface area contributed by atoms with Gasteiger partial charge < -0.3 is 20.5 Å². The second-order valence-electron chi connectivity index (χ2n) is 8.31. The van der Waals surface area contributed by atoms with Gasteiger partial charge in [0.25, 0.3) is 5.91 Å². The number of nitrogens with two attached hydrogens (primary N) is 1. The van der Waals surface area contributed by atoms with Crippen molar-refractivity contribution in [2.24, 2.45) is 5.10 Å². The standard InChI is InChI=1S/C28H26N6O3/c1-36-22-13-12-19(16-23(22)37-2)17-31-34-26(29)24(28(35)30-15-14-18-8-4-3-5-9-18)25-27(34)33-21-11-7-6-10-20(21)32-25/h3-13,16-17H,14-15,29H2,1-2H3,(H,30,35). The number of carbonyl (C=O) groups is 1. The van der Waals surface area contributed by atoms with Crippen LogP contribution < -0.4 is 20.5 Å². The zero-order chi connectivity index (χ0) is 25.8. The van der Waals surface area contributed by atoms with Gasteiger partial charge in [-0.1, -0.05) is 42.5 Å². The molecule has 0 fully saturated rings. The average Bonchev–Trinajstić information content (AvgIpc) is 3.20. The number of benzene rings is 3. The minimum absolute atomic E-state index is 0.152. The fraction of sp³-hybridized carbons (Fsp3) is 0.143. The number of nitrogen functional groups attached to an aromatic ring is 1. The summed E-state index contributed by atoms with van der Waals surface area (Å²) >= 11 is 0. The zero-order valence-corrected chi connectivity index (χ0v) is 20.5. The molecular weight excluding hydrogens is 468 g/mol. The van der Waals surface area contributed by atoms with E-state index in [2.05, 4.69) is 10.4 Å². The molecule has 186 valence electrons. The Balaban J connectivity index is 1.53. The molecule has 5 aromatic rings. The molecule has 0 saturated heterocycles. The van der Waals surface area contributed by atoms with E-state index in [1.807, 2.05) is 60.7 Å². The summed E-state index contributed by atoms with van der Waals surface area (Å²) in [4.78, 5) is 22.7. The van der Waals surface area contributed by atoms with Crippen LogP contribution in [0.25, 0.3) is 22.2 Å². The number of ether oxygens (including phenoxy) is 2. The Hall–Kier alpha value is -4.92. The number of anilines is 1. The monoisotopic (exact) mass is 494 g/mol. The highest BCUT2D eigenvalue weighted by molar-refractivity contribution is 6.10. The Labute approximate surface area is 213 Å². The fourth-order valence-corrected chi connectivity index (χ4v) is 4.10. The quantitative estimate of drug-likeness (QED) is 0.315. The number of amides is 1. The van der Waals surface area contributed by atoms with Crippen LogP contribution in [0, 0.1) is 0 Å². The van der Waals surface area contributed by atoms with Gasteiger partial charge in [0.15, 0.2) is 17.1 Å². The van der Waals surface area contributed by atoms with Crippen LogP contribution in [0.4, 0.5) is 5.82 Å². The van der Waals surface area contributed by atoms with Crippen LogP contribution in [-0.2, 0) is 6.42 Å². The molecule has 3 N–H and O–H groups in total. The Morgan fingerprint density at radius 3 is 2.41 bits per heavy atom. The van der Waals surface area contributed by atoms with Crippen LogP contribution in [-0.4, -0.2) is 47.5 Å². The van der Waals surface area contributed by atoms with Crippen LogP contribution in [0.1, 0.15) is 21.5 Å². The number of aromatic nitrogens is 3. The van der Waals surface area contributed by atoms with Gasteiger partial charge in [0.1, 0.15) is 16.9 Å². The maximum atomic E-state index is 13.3. The van der Waals surface area contributed by atoms with Gasteiger partial charge in [0.05, 0.1) is 31.5 Å².